The molecular weight excluding hydrogens is 367 g/mol. The van der Waals surface area contributed by atoms with Gasteiger partial charge in [0.05, 0.1) is 0 Å². The smallest absolute Gasteiger partial charge is 0.134 e. The summed E-state index contributed by atoms with van der Waals surface area (Å²) in [5, 5.41) is 1.70. The van der Waals surface area contributed by atoms with Crippen LogP contribution in [0.3, 0.4) is 0 Å². The van der Waals surface area contributed by atoms with Crippen molar-refractivity contribution in [3.63, 3.8) is 0 Å². The topological polar surface area (TPSA) is 0 Å². The summed E-state index contributed by atoms with van der Waals surface area (Å²) >= 11 is 0. The molecule has 0 radical (unpaired) electrons. The minimum atomic E-state index is -0.0711. The summed E-state index contributed by atoms with van der Waals surface area (Å²) in [7, 11) is 0. The lowest BCUT2D eigenvalue weighted by atomic mass is 9.77. The van der Waals surface area contributed by atoms with Crippen LogP contribution in [0.25, 0.3) is 21.9 Å². The van der Waals surface area contributed by atoms with Crippen molar-refractivity contribution >= 4 is 10.8 Å². The van der Waals surface area contributed by atoms with Crippen molar-refractivity contribution in [2.24, 2.45) is 5.92 Å². The number of halogens is 1. The number of fused-ring (bicyclic) bond motifs is 1. The summed E-state index contributed by atoms with van der Waals surface area (Å²) in [6.45, 7) is 4.11. The molecule has 3 aromatic carbocycles. The molecule has 0 N–H and O–H groups in total. The Morgan fingerprint density at radius 2 is 1.63 bits per heavy atom. The predicted molar refractivity (Wildman–Crippen MR) is 127 cm³/mol. The zero-order chi connectivity index (χ0) is 20.9. The lowest BCUT2D eigenvalue weighted by Gasteiger charge is -2.28. The Hall–Kier alpha value is -2.41. The Morgan fingerprint density at radius 3 is 2.33 bits per heavy atom. The number of benzene rings is 3. The van der Waals surface area contributed by atoms with Gasteiger partial charge in [0.15, 0.2) is 0 Å². The molecule has 0 aliphatic heterocycles. The van der Waals surface area contributed by atoms with E-state index in [1.165, 1.54) is 49.7 Å². The van der Waals surface area contributed by atoms with Gasteiger partial charge < -0.3 is 0 Å². The lowest BCUT2D eigenvalue weighted by Crippen LogP contribution is -2.13. The molecule has 0 saturated heterocycles. The molecule has 0 nitrogen and oxygen atoms in total. The first-order valence-corrected chi connectivity index (χ1v) is 11.6. The van der Waals surface area contributed by atoms with Crippen LogP contribution in [0, 0.1) is 11.7 Å². The molecule has 1 aliphatic carbocycles. The third kappa shape index (κ3) is 4.51. The first-order valence-electron chi connectivity index (χ1n) is 11.6. The van der Waals surface area contributed by atoms with Crippen molar-refractivity contribution in [3.05, 3.63) is 83.7 Å². The highest BCUT2D eigenvalue weighted by molar-refractivity contribution is 5.88. The highest BCUT2D eigenvalue weighted by Crippen LogP contribution is 2.38. The molecule has 0 aromatic heterocycles. The van der Waals surface area contributed by atoms with Crippen LogP contribution < -0.4 is 0 Å². The maximum absolute atomic E-state index is 14.6. The van der Waals surface area contributed by atoms with Gasteiger partial charge in [0.25, 0.3) is 0 Å². The van der Waals surface area contributed by atoms with Gasteiger partial charge in [-0.2, -0.15) is 0 Å². The molecule has 1 aliphatic rings. The molecule has 156 valence electrons. The third-order valence-electron chi connectivity index (χ3n) is 6.95. The SMILES string of the molecule is C/C=C/CCC1CCC(c2ccc(-c3ccc4c(F)c(CC)ccc4c3)cc2)CC1. The van der Waals surface area contributed by atoms with E-state index >= 15 is 0 Å². The average molecular weight is 401 g/mol. The van der Waals surface area contributed by atoms with Crippen molar-refractivity contribution in [1.82, 2.24) is 0 Å². The zero-order valence-electron chi connectivity index (χ0n) is 18.3. The maximum Gasteiger partial charge on any atom is 0.134 e. The standard InChI is InChI=1S/C29H33F/c1-3-5-6-7-21-8-10-23(11-9-21)24-13-15-25(16-14-24)26-18-19-28-27(20-26)17-12-22(4-2)29(28)30/h3,5,12-21,23H,4,6-11H2,1-2H3/b5-3+. The summed E-state index contributed by atoms with van der Waals surface area (Å²) in [6, 6.07) is 19.2. The first-order chi connectivity index (χ1) is 14.7. The van der Waals surface area contributed by atoms with Crippen LogP contribution in [-0.2, 0) is 6.42 Å². The van der Waals surface area contributed by atoms with Gasteiger partial charge in [0, 0.05) is 5.39 Å². The summed E-state index contributed by atoms with van der Waals surface area (Å²) in [5.74, 6) is 1.54. The molecule has 0 heterocycles. The molecule has 0 unspecified atom stereocenters. The third-order valence-corrected chi connectivity index (χ3v) is 6.95. The van der Waals surface area contributed by atoms with Crippen molar-refractivity contribution in [1.29, 1.82) is 0 Å². The van der Waals surface area contributed by atoms with Gasteiger partial charge in [-0.05, 0) is 97.4 Å². The van der Waals surface area contributed by atoms with Crippen molar-refractivity contribution in [3.8, 4) is 11.1 Å². The molecule has 1 fully saturated rings. The Labute approximate surface area is 180 Å². The van der Waals surface area contributed by atoms with Gasteiger partial charge >= 0.3 is 0 Å². The zero-order valence-corrected chi connectivity index (χ0v) is 18.3. The molecule has 0 spiro atoms. The minimum Gasteiger partial charge on any atom is -0.206 e. The Kier molecular flexibility index (Phi) is 6.67. The van der Waals surface area contributed by atoms with Crippen LogP contribution in [0.2, 0.25) is 0 Å². The largest absolute Gasteiger partial charge is 0.206 e. The maximum atomic E-state index is 14.6. The molecule has 3 aromatic rings. The number of hydrogen-bond donors (Lipinski definition) is 0. The van der Waals surface area contributed by atoms with E-state index in [1.807, 2.05) is 25.1 Å². The lowest BCUT2D eigenvalue weighted by molar-refractivity contribution is 0.312. The van der Waals surface area contributed by atoms with Crippen LogP contribution in [-0.4, -0.2) is 0 Å². The van der Waals surface area contributed by atoms with Gasteiger partial charge in [0.1, 0.15) is 5.82 Å². The highest BCUT2D eigenvalue weighted by atomic mass is 19.1. The van der Waals surface area contributed by atoms with Gasteiger partial charge in [-0.25, -0.2) is 4.39 Å². The van der Waals surface area contributed by atoms with Crippen molar-refractivity contribution in [2.75, 3.05) is 0 Å². The van der Waals surface area contributed by atoms with Crippen molar-refractivity contribution in [2.45, 2.75) is 64.7 Å². The van der Waals surface area contributed by atoms with E-state index in [0.29, 0.717) is 5.92 Å². The fourth-order valence-corrected chi connectivity index (χ4v) is 5.02. The molecular formula is C29H33F. The van der Waals surface area contributed by atoms with E-state index in [1.54, 1.807) is 0 Å². The van der Waals surface area contributed by atoms with Gasteiger partial charge in [-0.1, -0.05) is 67.6 Å². The first kappa shape index (κ1) is 20.8. The molecule has 0 atom stereocenters. The molecule has 0 amide bonds. The van der Waals surface area contributed by atoms with E-state index in [4.69, 9.17) is 0 Å². The van der Waals surface area contributed by atoms with Crippen LogP contribution in [0.1, 0.15) is 69.4 Å². The number of hydrogen-bond acceptors (Lipinski definition) is 0. The Bertz CT molecular complexity index is 1000. The van der Waals surface area contributed by atoms with Crippen LogP contribution in [0.4, 0.5) is 4.39 Å². The van der Waals surface area contributed by atoms with Gasteiger partial charge in [0.2, 0.25) is 0 Å². The average Bonchev–Trinajstić information content (AvgIpc) is 2.80. The summed E-state index contributed by atoms with van der Waals surface area (Å²) in [5.41, 5.74) is 4.63. The second-order valence-electron chi connectivity index (χ2n) is 8.81. The monoisotopic (exact) mass is 400 g/mol. The normalized spacial score (nSPS) is 19.6. The van der Waals surface area contributed by atoms with E-state index in [2.05, 4.69) is 55.5 Å². The molecule has 4 rings (SSSR count). The quantitative estimate of drug-likeness (QED) is 0.362. The Balaban J connectivity index is 1.45. The van der Waals surface area contributed by atoms with Gasteiger partial charge in [-0.3, -0.25) is 0 Å². The van der Waals surface area contributed by atoms with E-state index < -0.39 is 0 Å². The molecule has 1 saturated carbocycles. The van der Waals surface area contributed by atoms with Gasteiger partial charge in [-0.15, -0.1) is 0 Å². The second kappa shape index (κ2) is 9.60. The highest BCUT2D eigenvalue weighted by Gasteiger charge is 2.21. The van der Waals surface area contributed by atoms with E-state index in [-0.39, 0.29) is 5.82 Å². The number of rotatable bonds is 6. The summed E-state index contributed by atoms with van der Waals surface area (Å²) in [4.78, 5) is 0. The molecule has 0 bridgehead atoms. The van der Waals surface area contributed by atoms with Crippen molar-refractivity contribution < 1.29 is 4.39 Å². The fraction of sp³-hybridized carbons (Fsp3) is 0.379. The molecule has 30 heavy (non-hydrogen) atoms. The van der Waals surface area contributed by atoms with Crippen LogP contribution in [0.15, 0.2) is 66.7 Å². The van der Waals surface area contributed by atoms with E-state index in [9.17, 15) is 4.39 Å². The predicted octanol–water partition coefficient (Wildman–Crippen LogP) is 8.84. The van der Waals surface area contributed by atoms with E-state index in [0.717, 1.165) is 34.2 Å². The Morgan fingerprint density at radius 1 is 0.900 bits per heavy atom. The van der Waals surface area contributed by atoms with Crippen LogP contribution in [0.5, 0.6) is 0 Å². The molecule has 1 heteroatoms. The number of aryl methyl sites for hydroxylation is 1. The number of allylic oxidation sites excluding steroid dienone is 2. The second-order valence-corrected chi connectivity index (χ2v) is 8.81. The summed E-state index contributed by atoms with van der Waals surface area (Å²) in [6.07, 6.45) is 13.1. The van der Waals surface area contributed by atoms with Crippen LogP contribution >= 0.6 is 0 Å². The fourth-order valence-electron chi connectivity index (χ4n) is 5.02. The summed E-state index contributed by atoms with van der Waals surface area (Å²) < 4.78 is 14.6. The minimum absolute atomic E-state index is 0.0711.